The Balaban J connectivity index is 1.68. The maximum Gasteiger partial charge on any atom is 0.333 e. The summed E-state index contributed by atoms with van der Waals surface area (Å²) in [5, 5.41) is 1.57. The van der Waals surface area contributed by atoms with E-state index in [4.69, 9.17) is 33.7 Å². The summed E-state index contributed by atoms with van der Waals surface area (Å²) in [6, 6.07) is 5.02. The highest BCUT2D eigenvalue weighted by molar-refractivity contribution is 8.03. The minimum absolute atomic E-state index is 0.139. The number of likely N-dealkylation sites (tertiary alicyclic amines) is 1. The van der Waals surface area contributed by atoms with Gasteiger partial charge in [-0.1, -0.05) is 35.0 Å². The SMILES string of the molecule is CC1(N)CCN(C2C=C(Sc3ccc(Cl)c(Cl)c3)OC2=O)CC1. The number of cyclic esters (lactones) is 1. The molecule has 0 bridgehead atoms. The maximum atomic E-state index is 12.1. The Bertz CT molecular complexity index is 653. The number of nitrogens with zero attached hydrogens (tertiary/aromatic N) is 1. The molecular weight excluding hydrogens is 355 g/mol. The first kappa shape index (κ1) is 17.1. The predicted octanol–water partition coefficient (Wildman–Crippen LogP) is 3.67. The molecule has 1 aromatic rings. The van der Waals surface area contributed by atoms with Crippen LogP contribution < -0.4 is 5.73 Å². The molecule has 0 saturated carbocycles. The van der Waals surface area contributed by atoms with Crippen LogP contribution in [0, 0.1) is 0 Å². The van der Waals surface area contributed by atoms with Gasteiger partial charge in [-0.25, -0.2) is 4.79 Å². The summed E-state index contributed by atoms with van der Waals surface area (Å²) in [7, 11) is 0. The van der Waals surface area contributed by atoms with E-state index in [1.165, 1.54) is 11.8 Å². The number of nitrogens with two attached hydrogens (primary N) is 1. The third-order valence-corrected chi connectivity index (χ3v) is 5.83. The second-order valence-corrected chi connectivity index (χ2v) is 8.11. The molecule has 1 saturated heterocycles. The van der Waals surface area contributed by atoms with E-state index < -0.39 is 0 Å². The van der Waals surface area contributed by atoms with Crippen LogP contribution in [0.3, 0.4) is 0 Å². The van der Waals surface area contributed by atoms with Crippen LogP contribution in [-0.4, -0.2) is 35.5 Å². The Labute approximate surface area is 149 Å². The number of benzene rings is 1. The van der Waals surface area contributed by atoms with Gasteiger partial charge in [0.15, 0.2) is 5.09 Å². The van der Waals surface area contributed by atoms with Crippen molar-refractivity contribution in [3.63, 3.8) is 0 Å². The third kappa shape index (κ3) is 4.03. The first-order valence-corrected chi connectivity index (χ1v) is 9.01. The fourth-order valence-electron chi connectivity index (χ4n) is 2.67. The van der Waals surface area contributed by atoms with Crippen LogP contribution in [0.15, 0.2) is 34.3 Å². The molecule has 0 spiro atoms. The number of piperidine rings is 1. The summed E-state index contributed by atoms with van der Waals surface area (Å²) < 4.78 is 5.39. The molecular formula is C16H18Cl2N2O2S. The Hall–Kier alpha value is -0.720. The van der Waals surface area contributed by atoms with Gasteiger partial charge in [-0.05, 0) is 44.0 Å². The van der Waals surface area contributed by atoms with E-state index in [1.807, 2.05) is 12.1 Å². The first-order chi connectivity index (χ1) is 10.8. The van der Waals surface area contributed by atoms with Crippen molar-refractivity contribution in [1.29, 1.82) is 0 Å². The van der Waals surface area contributed by atoms with Crippen LogP contribution in [0.2, 0.25) is 10.0 Å². The molecule has 0 amide bonds. The smallest absolute Gasteiger partial charge is 0.333 e. The Morgan fingerprint density at radius 2 is 2.00 bits per heavy atom. The second kappa shape index (κ2) is 6.65. The van der Waals surface area contributed by atoms with Gasteiger partial charge in [0.25, 0.3) is 0 Å². The molecule has 2 N–H and O–H groups in total. The molecule has 2 aliphatic heterocycles. The van der Waals surface area contributed by atoms with Crippen LogP contribution >= 0.6 is 35.0 Å². The number of hydrogen-bond acceptors (Lipinski definition) is 5. The number of esters is 1. The fraction of sp³-hybridized carbons (Fsp3) is 0.438. The zero-order valence-corrected chi connectivity index (χ0v) is 15.0. The summed E-state index contributed by atoms with van der Waals surface area (Å²) in [6.07, 6.45) is 3.62. The van der Waals surface area contributed by atoms with Crippen LogP contribution in [0.1, 0.15) is 19.8 Å². The predicted molar refractivity (Wildman–Crippen MR) is 93.7 cm³/mol. The summed E-state index contributed by atoms with van der Waals surface area (Å²) >= 11 is 13.3. The lowest BCUT2D eigenvalue weighted by Gasteiger charge is -2.37. The number of ether oxygens (including phenoxy) is 1. The molecule has 2 aliphatic rings. The number of thioether (sulfide) groups is 1. The third-order valence-electron chi connectivity index (χ3n) is 4.18. The van der Waals surface area contributed by atoms with E-state index in [9.17, 15) is 4.79 Å². The molecule has 1 fully saturated rings. The normalized spacial score (nSPS) is 24.4. The topological polar surface area (TPSA) is 55.6 Å². The largest absolute Gasteiger partial charge is 0.418 e. The lowest BCUT2D eigenvalue weighted by Crippen LogP contribution is -2.52. The van der Waals surface area contributed by atoms with Gasteiger partial charge in [-0.2, -0.15) is 0 Å². The Morgan fingerprint density at radius 3 is 2.65 bits per heavy atom. The number of halogens is 2. The molecule has 7 heteroatoms. The van der Waals surface area contributed by atoms with Gasteiger partial charge in [-0.15, -0.1) is 0 Å². The molecule has 23 heavy (non-hydrogen) atoms. The van der Waals surface area contributed by atoms with Crippen molar-refractivity contribution in [3.8, 4) is 0 Å². The minimum Gasteiger partial charge on any atom is -0.418 e. The summed E-state index contributed by atoms with van der Waals surface area (Å²) in [5.41, 5.74) is 6.00. The van der Waals surface area contributed by atoms with Crippen molar-refractivity contribution in [3.05, 3.63) is 39.4 Å². The van der Waals surface area contributed by atoms with Crippen LogP contribution in [-0.2, 0) is 9.53 Å². The molecule has 0 radical (unpaired) electrons. The zero-order valence-electron chi connectivity index (χ0n) is 12.7. The first-order valence-electron chi connectivity index (χ1n) is 7.43. The van der Waals surface area contributed by atoms with E-state index in [2.05, 4.69) is 11.8 Å². The summed E-state index contributed by atoms with van der Waals surface area (Å²) in [6.45, 7) is 3.65. The molecule has 1 unspecified atom stereocenters. The fourth-order valence-corrected chi connectivity index (χ4v) is 3.90. The van der Waals surface area contributed by atoms with Crippen LogP contribution in [0.5, 0.6) is 0 Å². The highest BCUT2D eigenvalue weighted by Crippen LogP contribution is 2.36. The monoisotopic (exact) mass is 372 g/mol. The average Bonchev–Trinajstić information content (AvgIpc) is 2.84. The van der Waals surface area contributed by atoms with E-state index in [0.29, 0.717) is 15.1 Å². The number of hydrogen-bond donors (Lipinski definition) is 1. The maximum absolute atomic E-state index is 12.1. The highest BCUT2D eigenvalue weighted by Gasteiger charge is 2.36. The minimum atomic E-state index is -0.323. The molecule has 0 aliphatic carbocycles. The van der Waals surface area contributed by atoms with Gasteiger partial charge >= 0.3 is 5.97 Å². The van der Waals surface area contributed by atoms with Gasteiger partial charge in [0.05, 0.1) is 10.0 Å². The second-order valence-electron chi connectivity index (χ2n) is 6.22. The number of carbonyl (C=O) groups excluding carboxylic acids is 1. The van der Waals surface area contributed by atoms with Gasteiger partial charge < -0.3 is 10.5 Å². The lowest BCUT2D eigenvalue weighted by molar-refractivity contribution is -0.140. The van der Waals surface area contributed by atoms with Crippen LogP contribution in [0.4, 0.5) is 0 Å². The van der Waals surface area contributed by atoms with Crippen molar-refractivity contribution in [2.24, 2.45) is 5.73 Å². The van der Waals surface area contributed by atoms with Crippen molar-refractivity contribution < 1.29 is 9.53 Å². The summed E-state index contributed by atoms with van der Waals surface area (Å²) in [5.74, 6) is -0.229. The van der Waals surface area contributed by atoms with Gasteiger partial charge in [-0.3, -0.25) is 4.90 Å². The van der Waals surface area contributed by atoms with Crippen molar-refractivity contribution in [1.82, 2.24) is 4.90 Å². The van der Waals surface area contributed by atoms with E-state index in [-0.39, 0.29) is 17.6 Å². The quantitative estimate of drug-likeness (QED) is 0.820. The van der Waals surface area contributed by atoms with E-state index in [1.54, 1.807) is 12.1 Å². The molecule has 0 aromatic heterocycles. The standard InChI is InChI=1S/C16H18Cl2N2O2S/c1-16(19)4-6-20(7-5-16)13-9-14(22-15(13)21)23-10-2-3-11(17)12(18)8-10/h2-3,8-9,13H,4-7,19H2,1H3. The van der Waals surface area contributed by atoms with Crippen LogP contribution in [0.25, 0.3) is 0 Å². The lowest BCUT2D eigenvalue weighted by atomic mass is 9.90. The highest BCUT2D eigenvalue weighted by atomic mass is 35.5. The molecule has 2 heterocycles. The molecule has 1 aromatic carbocycles. The Kier molecular flexibility index (Phi) is 4.95. The molecule has 1 atom stereocenters. The Morgan fingerprint density at radius 1 is 1.30 bits per heavy atom. The number of carbonyl (C=O) groups is 1. The summed E-state index contributed by atoms with van der Waals surface area (Å²) in [4.78, 5) is 15.2. The molecule has 4 nitrogen and oxygen atoms in total. The molecule has 124 valence electrons. The van der Waals surface area contributed by atoms with Gasteiger partial charge in [0, 0.05) is 23.5 Å². The van der Waals surface area contributed by atoms with Crippen molar-refractivity contribution >= 4 is 40.9 Å². The van der Waals surface area contributed by atoms with E-state index in [0.717, 1.165) is 30.8 Å². The van der Waals surface area contributed by atoms with E-state index >= 15 is 0 Å². The van der Waals surface area contributed by atoms with Crippen molar-refractivity contribution in [2.45, 2.75) is 36.2 Å². The van der Waals surface area contributed by atoms with Gasteiger partial charge in [0.1, 0.15) is 6.04 Å². The number of rotatable bonds is 3. The van der Waals surface area contributed by atoms with Crippen molar-refractivity contribution in [2.75, 3.05) is 13.1 Å². The zero-order chi connectivity index (χ0) is 16.6. The average molecular weight is 373 g/mol. The molecule has 3 rings (SSSR count). The van der Waals surface area contributed by atoms with Gasteiger partial charge in [0.2, 0.25) is 0 Å².